The number of anilines is 2. The van der Waals surface area contributed by atoms with Gasteiger partial charge in [-0.1, -0.05) is 12.1 Å². The van der Waals surface area contributed by atoms with E-state index in [1.54, 1.807) is 11.8 Å². The standard InChI is InChI=1S/C20H26N4O2S/c1-13-6-5-7-18(14(13)2)24(15(3)25)20-22-17(12-27-20)10-23(4)11-19(26)21-16-8-9-16/h5-7,12,16H,8-11H2,1-4H3,(H,21,26)/p+1. The number of thiazole rings is 1. The van der Waals surface area contributed by atoms with E-state index in [1.165, 1.54) is 11.3 Å². The van der Waals surface area contributed by atoms with Gasteiger partial charge in [-0.2, -0.15) is 0 Å². The van der Waals surface area contributed by atoms with E-state index in [-0.39, 0.29) is 11.8 Å². The van der Waals surface area contributed by atoms with Crippen LogP contribution in [-0.2, 0) is 16.1 Å². The van der Waals surface area contributed by atoms with Crippen LogP contribution in [-0.4, -0.2) is 36.4 Å². The summed E-state index contributed by atoms with van der Waals surface area (Å²) in [6.45, 7) is 6.69. The highest BCUT2D eigenvalue weighted by Crippen LogP contribution is 2.32. The summed E-state index contributed by atoms with van der Waals surface area (Å²) in [4.78, 5) is 31.7. The van der Waals surface area contributed by atoms with Crippen molar-refractivity contribution in [3.05, 3.63) is 40.4 Å². The molecule has 2 aromatic rings. The lowest BCUT2D eigenvalue weighted by atomic mass is 10.1. The summed E-state index contributed by atoms with van der Waals surface area (Å²) in [5.41, 5.74) is 3.97. The van der Waals surface area contributed by atoms with Gasteiger partial charge in [-0.3, -0.25) is 14.5 Å². The summed E-state index contributed by atoms with van der Waals surface area (Å²) in [6, 6.07) is 6.33. The molecule has 1 aliphatic carbocycles. The molecule has 1 atom stereocenters. The number of amides is 2. The molecule has 1 fully saturated rings. The molecule has 2 N–H and O–H groups in total. The number of benzene rings is 1. The molecule has 0 radical (unpaired) electrons. The van der Waals surface area contributed by atoms with Crippen LogP contribution in [0.4, 0.5) is 10.8 Å². The zero-order chi connectivity index (χ0) is 19.6. The second kappa shape index (κ2) is 8.19. The van der Waals surface area contributed by atoms with Crippen LogP contribution in [0, 0.1) is 13.8 Å². The fourth-order valence-electron chi connectivity index (χ4n) is 3.02. The predicted molar refractivity (Wildman–Crippen MR) is 107 cm³/mol. The van der Waals surface area contributed by atoms with Crippen molar-refractivity contribution < 1.29 is 14.5 Å². The van der Waals surface area contributed by atoms with Crippen molar-refractivity contribution in [3.8, 4) is 0 Å². The lowest BCUT2D eigenvalue weighted by molar-refractivity contribution is -0.885. The molecule has 0 bridgehead atoms. The Hall–Kier alpha value is -2.25. The van der Waals surface area contributed by atoms with Crippen LogP contribution < -0.4 is 15.1 Å². The van der Waals surface area contributed by atoms with Crippen molar-refractivity contribution in [2.45, 2.75) is 46.2 Å². The molecule has 1 aliphatic rings. The first-order valence-electron chi connectivity index (χ1n) is 9.27. The number of hydrogen-bond donors (Lipinski definition) is 2. The second-order valence-corrected chi connectivity index (χ2v) is 8.18. The summed E-state index contributed by atoms with van der Waals surface area (Å²) in [5, 5.41) is 5.65. The topological polar surface area (TPSA) is 66.7 Å². The third-order valence-corrected chi connectivity index (χ3v) is 5.63. The predicted octanol–water partition coefficient (Wildman–Crippen LogP) is 1.74. The first kappa shape index (κ1) is 19.5. The van der Waals surface area contributed by atoms with Crippen LogP contribution in [0.3, 0.4) is 0 Å². The molecule has 0 aliphatic heterocycles. The van der Waals surface area contributed by atoms with Crippen molar-refractivity contribution in [2.75, 3.05) is 18.5 Å². The van der Waals surface area contributed by atoms with Gasteiger partial charge >= 0.3 is 0 Å². The first-order chi connectivity index (χ1) is 12.8. The highest BCUT2D eigenvalue weighted by molar-refractivity contribution is 7.14. The van der Waals surface area contributed by atoms with Gasteiger partial charge in [-0.05, 0) is 43.9 Å². The van der Waals surface area contributed by atoms with Gasteiger partial charge in [0.1, 0.15) is 12.2 Å². The summed E-state index contributed by atoms with van der Waals surface area (Å²) < 4.78 is 0. The molecule has 1 unspecified atom stereocenters. The van der Waals surface area contributed by atoms with Crippen LogP contribution >= 0.6 is 11.3 Å². The van der Waals surface area contributed by atoms with E-state index in [2.05, 4.69) is 10.3 Å². The number of nitrogens with one attached hydrogen (secondary N) is 2. The lowest BCUT2D eigenvalue weighted by Crippen LogP contribution is -3.09. The van der Waals surface area contributed by atoms with Crippen molar-refractivity contribution in [2.24, 2.45) is 0 Å². The maximum absolute atomic E-state index is 12.3. The van der Waals surface area contributed by atoms with Gasteiger partial charge in [0.2, 0.25) is 5.91 Å². The molecule has 144 valence electrons. The number of quaternary nitrogens is 1. The summed E-state index contributed by atoms with van der Waals surface area (Å²) in [5.74, 6) is 0.0281. The van der Waals surface area contributed by atoms with E-state index < -0.39 is 0 Å². The van der Waals surface area contributed by atoms with Crippen LogP contribution in [0.15, 0.2) is 23.6 Å². The Morgan fingerprint density at radius 2 is 2.07 bits per heavy atom. The average Bonchev–Trinajstić information content (AvgIpc) is 3.28. The second-order valence-electron chi connectivity index (χ2n) is 7.35. The Morgan fingerprint density at radius 3 is 2.74 bits per heavy atom. The smallest absolute Gasteiger partial charge is 0.275 e. The van der Waals surface area contributed by atoms with Gasteiger partial charge < -0.3 is 10.2 Å². The van der Waals surface area contributed by atoms with Crippen molar-refractivity contribution in [1.29, 1.82) is 0 Å². The van der Waals surface area contributed by atoms with Gasteiger partial charge in [-0.15, -0.1) is 11.3 Å². The number of likely N-dealkylation sites (N-methyl/N-ethyl adjacent to an activating group) is 1. The Kier molecular flexibility index (Phi) is 5.92. The molecular weight excluding hydrogens is 360 g/mol. The van der Waals surface area contributed by atoms with Crippen LogP contribution in [0.5, 0.6) is 0 Å². The third-order valence-electron chi connectivity index (χ3n) is 4.75. The van der Waals surface area contributed by atoms with Crippen molar-refractivity contribution >= 4 is 34.0 Å². The molecule has 0 saturated heterocycles. The normalized spacial score (nSPS) is 14.7. The van der Waals surface area contributed by atoms with E-state index in [0.717, 1.165) is 40.2 Å². The molecule has 0 spiro atoms. The number of hydrogen-bond acceptors (Lipinski definition) is 4. The SMILES string of the molecule is CC(=O)N(c1nc(C[NH+](C)CC(=O)NC2CC2)cs1)c1cccc(C)c1C. The van der Waals surface area contributed by atoms with Gasteiger partial charge in [-0.25, -0.2) is 4.98 Å². The quantitative estimate of drug-likeness (QED) is 0.761. The molecule has 27 heavy (non-hydrogen) atoms. The fourth-order valence-corrected chi connectivity index (χ4v) is 3.90. The highest BCUT2D eigenvalue weighted by Gasteiger charge is 2.25. The summed E-state index contributed by atoms with van der Waals surface area (Å²) >= 11 is 1.46. The Balaban J connectivity index is 1.71. The third kappa shape index (κ3) is 4.93. The van der Waals surface area contributed by atoms with Crippen molar-refractivity contribution in [3.63, 3.8) is 0 Å². The fraction of sp³-hybridized carbons (Fsp3) is 0.450. The van der Waals surface area contributed by atoms with Crippen LogP contribution in [0.2, 0.25) is 0 Å². The number of aryl methyl sites for hydroxylation is 1. The van der Waals surface area contributed by atoms with Crippen LogP contribution in [0.1, 0.15) is 36.6 Å². The number of rotatable bonds is 7. The first-order valence-corrected chi connectivity index (χ1v) is 10.1. The minimum Gasteiger partial charge on any atom is -0.348 e. The molecule has 1 aromatic heterocycles. The molecular formula is C20H27N4O2S+. The van der Waals surface area contributed by atoms with E-state index >= 15 is 0 Å². The van der Waals surface area contributed by atoms with E-state index in [9.17, 15) is 9.59 Å². The number of carbonyl (C=O) groups excluding carboxylic acids is 2. The average molecular weight is 388 g/mol. The maximum atomic E-state index is 12.3. The minimum absolute atomic E-state index is 0.0610. The van der Waals surface area contributed by atoms with Crippen molar-refractivity contribution in [1.82, 2.24) is 10.3 Å². The number of carbonyl (C=O) groups is 2. The minimum atomic E-state index is -0.0610. The largest absolute Gasteiger partial charge is 0.348 e. The molecule has 2 amide bonds. The van der Waals surface area contributed by atoms with E-state index in [4.69, 9.17) is 0 Å². The molecule has 7 heteroatoms. The molecule has 1 saturated carbocycles. The van der Waals surface area contributed by atoms with Gasteiger partial charge in [0.05, 0.1) is 12.7 Å². The van der Waals surface area contributed by atoms with Gasteiger partial charge in [0.15, 0.2) is 11.7 Å². The number of nitrogens with zero attached hydrogens (tertiary/aromatic N) is 2. The number of aromatic nitrogens is 1. The Morgan fingerprint density at radius 1 is 1.33 bits per heavy atom. The Bertz CT molecular complexity index is 844. The monoisotopic (exact) mass is 387 g/mol. The summed E-state index contributed by atoms with van der Waals surface area (Å²) in [7, 11) is 1.99. The zero-order valence-corrected chi connectivity index (χ0v) is 17.2. The van der Waals surface area contributed by atoms with E-state index in [0.29, 0.717) is 24.3 Å². The zero-order valence-electron chi connectivity index (χ0n) is 16.3. The van der Waals surface area contributed by atoms with E-state index in [1.807, 2.05) is 44.5 Å². The molecule has 6 nitrogen and oxygen atoms in total. The molecule has 3 rings (SSSR count). The van der Waals surface area contributed by atoms with Gasteiger partial charge in [0.25, 0.3) is 5.91 Å². The van der Waals surface area contributed by atoms with Gasteiger partial charge in [0, 0.05) is 18.3 Å². The molecule has 1 heterocycles. The lowest BCUT2D eigenvalue weighted by Gasteiger charge is -2.21. The van der Waals surface area contributed by atoms with Crippen LogP contribution in [0.25, 0.3) is 0 Å². The summed E-state index contributed by atoms with van der Waals surface area (Å²) in [6.07, 6.45) is 2.19. The molecule has 1 aromatic carbocycles. The Labute approximate surface area is 164 Å². The highest BCUT2D eigenvalue weighted by atomic mass is 32.1. The maximum Gasteiger partial charge on any atom is 0.275 e.